The van der Waals surface area contributed by atoms with Crippen LogP contribution in [-0.4, -0.2) is 4.57 Å². The SMILES string of the molecule is c1ccc(N(c2ccc3c(c2)sc2ccc4ccccc4c23)c2cccc3c2c2ccc4ccccc4c2n3-c2ccccc2)cc1. The molecule has 0 saturated heterocycles. The molecule has 0 N–H and O–H groups in total. The molecule has 0 atom stereocenters. The summed E-state index contributed by atoms with van der Waals surface area (Å²) in [6, 6.07) is 61.9. The van der Waals surface area contributed by atoms with Crippen LogP contribution in [0.3, 0.4) is 0 Å². The van der Waals surface area contributed by atoms with E-state index >= 15 is 0 Å². The summed E-state index contributed by atoms with van der Waals surface area (Å²) in [5, 5.41) is 10.2. The van der Waals surface area contributed by atoms with Crippen LogP contribution in [0.15, 0.2) is 170 Å². The van der Waals surface area contributed by atoms with Gasteiger partial charge in [0.1, 0.15) is 0 Å². The Morgan fingerprint density at radius 3 is 1.94 bits per heavy atom. The van der Waals surface area contributed by atoms with Gasteiger partial charge >= 0.3 is 0 Å². The molecular formula is C44H28N2S. The van der Waals surface area contributed by atoms with Crippen LogP contribution in [0.2, 0.25) is 0 Å². The Hall–Kier alpha value is -5.90. The largest absolute Gasteiger partial charge is 0.310 e. The van der Waals surface area contributed by atoms with E-state index in [4.69, 9.17) is 0 Å². The first kappa shape index (κ1) is 26.3. The van der Waals surface area contributed by atoms with E-state index in [0.29, 0.717) is 0 Å². The number of benzene rings is 8. The number of rotatable bonds is 4. The van der Waals surface area contributed by atoms with Crippen LogP contribution < -0.4 is 4.90 Å². The van der Waals surface area contributed by atoms with Crippen molar-refractivity contribution in [3.8, 4) is 5.69 Å². The van der Waals surface area contributed by atoms with Crippen LogP contribution in [0.4, 0.5) is 17.1 Å². The summed E-state index contributed by atoms with van der Waals surface area (Å²) in [5.41, 5.74) is 7.02. The summed E-state index contributed by atoms with van der Waals surface area (Å²) in [6.45, 7) is 0. The Bertz CT molecular complexity index is 2790. The highest BCUT2D eigenvalue weighted by molar-refractivity contribution is 7.26. The summed E-state index contributed by atoms with van der Waals surface area (Å²) in [6.07, 6.45) is 0. The summed E-state index contributed by atoms with van der Waals surface area (Å²) in [5.74, 6) is 0. The summed E-state index contributed by atoms with van der Waals surface area (Å²) in [4.78, 5) is 2.44. The molecule has 47 heavy (non-hydrogen) atoms. The van der Waals surface area contributed by atoms with Crippen LogP contribution in [0.25, 0.3) is 69.2 Å². The van der Waals surface area contributed by atoms with Crippen molar-refractivity contribution in [3.63, 3.8) is 0 Å². The molecule has 0 aliphatic carbocycles. The van der Waals surface area contributed by atoms with Crippen LogP contribution >= 0.6 is 11.3 Å². The Kier molecular flexibility index (Phi) is 5.78. The molecular weight excluding hydrogens is 589 g/mol. The molecule has 0 bridgehead atoms. The molecule has 0 unspecified atom stereocenters. The molecule has 3 heteroatoms. The van der Waals surface area contributed by atoms with E-state index in [1.807, 2.05) is 11.3 Å². The number of para-hydroxylation sites is 2. The second kappa shape index (κ2) is 10.3. The summed E-state index contributed by atoms with van der Waals surface area (Å²) >= 11 is 1.88. The number of nitrogens with zero attached hydrogens (tertiary/aromatic N) is 2. The van der Waals surface area contributed by atoms with Gasteiger partial charge in [0.15, 0.2) is 0 Å². The van der Waals surface area contributed by atoms with Gasteiger partial charge in [-0.1, -0.05) is 115 Å². The first-order valence-electron chi connectivity index (χ1n) is 16.0. The fraction of sp³-hybridized carbons (Fsp3) is 0. The van der Waals surface area contributed by atoms with Crippen molar-refractivity contribution >= 4 is 91.9 Å². The van der Waals surface area contributed by atoms with Gasteiger partial charge in [-0.05, 0) is 70.8 Å². The molecule has 2 heterocycles. The maximum absolute atomic E-state index is 2.44. The van der Waals surface area contributed by atoms with Crippen LogP contribution in [-0.2, 0) is 0 Å². The van der Waals surface area contributed by atoms with E-state index in [0.717, 1.165) is 22.7 Å². The van der Waals surface area contributed by atoms with Crippen LogP contribution in [0.5, 0.6) is 0 Å². The highest BCUT2D eigenvalue weighted by atomic mass is 32.1. The zero-order valence-electron chi connectivity index (χ0n) is 25.5. The summed E-state index contributed by atoms with van der Waals surface area (Å²) < 4.78 is 5.06. The highest BCUT2D eigenvalue weighted by Crippen LogP contribution is 2.47. The number of thiophene rings is 1. The molecule has 0 saturated carbocycles. The lowest BCUT2D eigenvalue weighted by Gasteiger charge is -2.26. The zero-order chi connectivity index (χ0) is 30.9. The van der Waals surface area contributed by atoms with E-state index in [1.165, 1.54) is 63.5 Å². The third-order valence-electron chi connectivity index (χ3n) is 9.53. The van der Waals surface area contributed by atoms with Gasteiger partial charge in [0.05, 0.1) is 16.7 Å². The number of fused-ring (bicyclic) bond motifs is 10. The molecule has 0 aliphatic rings. The van der Waals surface area contributed by atoms with E-state index in [-0.39, 0.29) is 0 Å². The van der Waals surface area contributed by atoms with Crippen molar-refractivity contribution in [1.29, 1.82) is 0 Å². The van der Waals surface area contributed by atoms with Gasteiger partial charge in [-0.15, -0.1) is 11.3 Å². The number of hydrogen-bond donors (Lipinski definition) is 0. The highest BCUT2D eigenvalue weighted by Gasteiger charge is 2.22. The fourth-order valence-electron chi connectivity index (χ4n) is 7.52. The van der Waals surface area contributed by atoms with Crippen LogP contribution in [0, 0.1) is 0 Å². The number of hydrogen-bond acceptors (Lipinski definition) is 2. The molecule has 0 amide bonds. The van der Waals surface area contributed by atoms with Crippen molar-refractivity contribution in [2.45, 2.75) is 0 Å². The average Bonchev–Trinajstić information content (AvgIpc) is 3.69. The second-order valence-electron chi connectivity index (χ2n) is 12.1. The minimum atomic E-state index is 1.13. The first-order valence-corrected chi connectivity index (χ1v) is 16.8. The molecule has 0 radical (unpaired) electrons. The fourth-order valence-corrected chi connectivity index (χ4v) is 8.67. The standard InChI is InChI=1S/C44H28N2S/c1-3-14-31(15-4-1)45(33-24-26-36-41(28-33)47-40-27-23-29-12-7-9-18-34(29)42(36)40)38-20-11-21-39-43(38)37-25-22-30-13-8-10-19-35(30)44(37)46(39)32-16-5-2-6-17-32/h1-28H. The molecule has 10 rings (SSSR count). The minimum absolute atomic E-state index is 1.13. The van der Waals surface area contributed by atoms with E-state index < -0.39 is 0 Å². The third kappa shape index (κ3) is 3.97. The molecule has 8 aromatic carbocycles. The van der Waals surface area contributed by atoms with E-state index in [1.54, 1.807) is 0 Å². The number of anilines is 3. The Balaban J connectivity index is 1.29. The second-order valence-corrected chi connectivity index (χ2v) is 13.2. The van der Waals surface area contributed by atoms with Crippen molar-refractivity contribution in [2.24, 2.45) is 0 Å². The molecule has 220 valence electrons. The van der Waals surface area contributed by atoms with Gasteiger partial charge in [-0.25, -0.2) is 0 Å². The van der Waals surface area contributed by atoms with Gasteiger partial charge in [-0.2, -0.15) is 0 Å². The van der Waals surface area contributed by atoms with Gasteiger partial charge in [-0.3, -0.25) is 0 Å². The third-order valence-corrected chi connectivity index (χ3v) is 10.6. The Morgan fingerprint density at radius 1 is 0.426 bits per heavy atom. The molecule has 0 aliphatic heterocycles. The smallest absolute Gasteiger partial charge is 0.0620 e. The predicted octanol–water partition coefficient (Wildman–Crippen LogP) is 12.9. The zero-order valence-corrected chi connectivity index (χ0v) is 26.3. The van der Waals surface area contributed by atoms with Crippen molar-refractivity contribution < 1.29 is 0 Å². The molecule has 10 aromatic rings. The molecule has 0 fully saturated rings. The lowest BCUT2D eigenvalue weighted by Crippen LogP contribution is -2.10. The first-order chi connectivity index (χ1) is 23.3. The van der Waals surface area contributed by atoms with Gasteiger partial charge in [0, 0.05) is 53.4 Å². The maximum atomic E-state index is 2.44. The van der Waals surface area contributed by atoms with Crippen molar-refractivity contribution in [3.05, 3.63) is 170 Å². The Labute approximate surface area is 276 Å². The van der Waals surface area contributed by atoms with Gasteiger partial charge in [0.25, 0.3) is 0 Å². The topological polar surface area (TPSA) is 8.17 Å². The minimum Gasteiger partial charge on any atom is -0.310 e. The van der Waals surface area contributed by atoms with Gasteiger partial charge < -0.3 is 9.47 Å². The van der Waals surface area contributed by atoms with Crippen LogP contribution in [0.1, 0.15) is 0 Å². The molecule has 0 spiro atoms. The average molecular weight is 617 g/mol. The van der Waals surface area contributed by atoms with Gasteiger partial charge in [0.2, 0.25) is 0 Å². The summed E-state index contributed by atoms with van der Waals surface area (Å²) in [7, 11) is 0. The lowest BCUT2D eigenvalue weighted by atomic mass is 10.0. The normalized spacial score (nSPS) is 11.8. The molecule has 2 aromatic heterocycles. The van der Waals surface area contributed by atoms with Crippen molar-refractivity contribution in [1.82, 2.24) is 4.57 Å². The Morgan fingerprint density at radius 2 is 1.11 bits per heavy atom. The monoisotopic (exact) mass is 616 g/mol. The van der Waals surface area contributed by atoms with E-state index in [9.17, 15) is 0 Å². The maximum Gasteiger partial charge on any atom is 0.0620 e. The molecule has 2 nitrogen and oxygen atoms in total. The predicted molar refractivity (Wildman–Crippen MR) is 203 cm³/mol. The lowest BCUT2D eigenvalue weighted by molar-refractivity contribution is 1.18. The number of aromatic nitrogens is 1. The van der Waals surface area contributed by atoms with E-state index in [2.05, 4.69) is 179 Å². The quantitative estimate of drug-likeness (QED) is 0.191. The van der Waals surface area contributed by atoms with Crippen molar-refractivity contribution in [2.75, 3.05) is 4.90 Å².